The first-order valence-electron chi connectivity index (χ1n) is 6.90. The Morgan fingerprint density at radius 1 is 1.45 bits per heavy atom. The van der Waals surface area contributed by atoms with Crippen molar-refractivity contribution in [3.05, 3.63) is 0 Å². The summed E-state index contributed by atoms with van der Waals surface area (Å²) < 4.78 is 26.7. The van der Waals surface area contributed by atoms with Gasteiger partial charge in [0.15, 0.2) is 0 Å². The zero-order chi connectivity index (χ0) is 15.2. The maximum absolute atomic E-state index is 12.3. The lowest BCUT2D eigenvalue weighted by atomic mass is 9.70. The molecular formula is C13H22N2O4S. The van der Waals surface area contributed by atoms with Crippen molar-refractivity contribution in [2.75, 3.05) is 12.3 Å². The van der Waals surface area contributed by atoms with Crippen LogP contribution in [-0.2, 0) is 19.6 Å². The molecule has 2 saturated carbocycles. The van der Waals surface area contributed by atoms with Crippen molar-refractivity contribution < 1.29 is 18.0 Å². The zero-order valence-corrected chi connectivity index (χ0v) is 12.8. The Kier molecular flexibility index (Phi) is 3.71. The number of amides is 1. The molecule has 2 bridgehead atoms. The van der Waals surface area contributed by atoms with E-state index in [0.29, 0.717) is 12.8 Å². The molecule has 2 rings (SSSR count). The summed E-state index contributed by atoms with van der Waals surface area (Å²) in [6.07, 6.45) is 2.01. The second-order valence-corrected chi connectivity index (χ2v) is 8.34. The van der Waals surface area contributed by atoms with Crippen molar-refractivity contribution in [1.82, 2.24) is 4.72 Å². The summed E-state index contributed by atoms with van der Waals surface area (Å²) in [7, 11) is -3.59. The average molecular weight is 302 g/mol. The van der Waals surface area contributed by atoms with Gasteiger partial charge in [-0.2, -0.15) is 0 Å². The minimum atomic E-state index is -3.59. The number of hydrogen-bond donors (Lipinski definition) is 2. The molecule has 2 unspecified atom stereocenters. The second-order valence-electron chi connectivity index (χ2n) is 6.54. The van der Waals surface area contributed by atoms with Crippen molar-refractivity contribution in [1.29, 1.82) is 0 Å². The van der Waals surface area contributed by atoms with Gasteiger partial charge in [0.25, 0.3) is 0 Å². The van der Waals surface area contributed by atoms with Gasteiger partial charge in [-0.05, 0) is 24.2 Å². The number of carbonyl (C=O) groups excluding carboxylic acids is 2. The average Bonchev–Trinajstić information content (AvgIpc) is 2.61. The predicted octanol–water partition coefficient (Wildman–Crippen LogP) is 0.177. The molecule has 2 atom stereocenters. The van der Waals surface area contributed by atoms with Gasteiger partial charge in [0, 0.05) is 24.8 Å². The first-order chi connectivity index (χ1) is 9.11. The van der Waals surface area contributed by atoms with Crippen LogP contribution in [0.3, 0.4) is 0 Å². The number of ketones is 1. The van der Waals surface area contributed by atoms with Gasteiger partial charge in [-0.3, -0.25) is 9.59 Å². The number of rotatable bonds is 6. The molecule has 0 saturated heterocycles. The smallest absolute Gasteiger partial charge is 0.218 e. The molecule has 2 fully saturated rings. The molecule has 20 heavy (non-hydrogen) atoms. The van der Waals surface area contributed by atoms with Gasteiger partial charge in [0.05, 0.1) is 5.75 Å². The molecule has 6 nitrogen and oxygen atoms in total. The minimum Gasteiger partial charge on any atom is -0.370 e. The van der Waals surface area contributed by atoms with Crippen molar-refractivity contribution >= 4 is 21.7 Å². The van der Waals surface area contributed by atoms with E-state index in [1.165, 1.54) is 0 Å². The number of fused-ring (bicyclic) bond motifs is 2. The molecule has 0 aromatic carbocycles. The van der Waals surface area contributed by atoms with E-state index in [4.69, 9.17) is 5.73 Å². The monoisotopic (exact) mass is 302 g/mol. The van der Waals surface area contributed by atoms with Crippen LogP contribution in [0.5, 0.6) is 0 Å². The maximum atomic E-state index is 12.3. The highest BCUT2D eigenvalue weighted by Crippen LogP contribution is 2.64. The standard InChI is InChI=1S/C13H22N2O4S/c1-12(2)9-3-5-13(12,10(16)7-9)8-20(18,19)15-6-4-11(14)17/h9,15H,3-8H2,1-2H3,(H2,14,17). The van der Waals surface area contributed by atoms with E-state index in [2.05, 4.69) is 4.72 Å². The molecular weight excluding hydrogens is 280 g/mol. The summed E-state index contributed by atoms with van der Waals surface area (Å²) >= 11 is 0. The third-order valence-corrected chi connectivity index (χ3v) is 6.79. The van der Waals surface area contributed by atoms with Gasteiger partial charge < -0.3 is 5.73 Å². The molecule has 0 radical (unpaired) electrons. The number of nitrogens with one attached hydrogen (secondary N) is 1. The summed E-state index contributed by atoms with van der Waals surface area (Å²) in [6, 6.07) is 0. The molecule has 3 N–H and O–H groups in total. The summed E-state index contributed by atoms with van der Waals surface area (Å²) in [5, 5.41) is 0. The Hall–Kier alpha value is -0.950. The number of carbonyl (C=O) groups is 2. The molecule has 0 aliphatic heterocycles. The van der Waals surface area contributed by atoms with Gasteiger partial charge >= 0.3 is 0 Å². The largest absolute Gasteiger partial charge is 0.370 e. The molecule has 0 heterocycles. The van der Waals surface area contributed by atoms with Gasteiger partial charge in [-0.25, -0.2) is 13.1 Å². The van der Waals surface area contributed by atoms with Crippen molar-refractivity contribution in [2.45, 2.75) is 39.5 Å². The Morgan fingerprint density at radius 3 is 2.55 bits per heavy atom. The van der Waals surface area contributed by atoms with E-state index < -0.39 is 21.3 Å². The number of hydrogen-bond acceptors (Lipinski definition) is 4. The van der Waals surface area contributed by atoms with Crippen LogP contribution in [0.15, 0.2) is 0 Å². The molecule has 7 heteroatoms. The first kappa shape index (κ1) is 15.4. The van der Waals surface area contributed by atoms with E-state index in [-0.39, 0.29) is 35.8 Å². The first-order valence-corrected chi connectivity index (χ1v) is 8.55. The number of Topliss-reactive ketones (excluding diaryl/α,β-unsaturated/α-hetero) is 1. The SMILES string of the molecule is CC1(C)C2CCC1(CS(=O)(=O)NCCC(N)=O)C(=O)C2. The van der Waals surface area contributed by atoms with Crippen LogP contribution in [0.2, 0.25) is 0 Å². The van der Waals surface area contributed by atoms with Crippen LogP contribution in [0.25, 0.3) is 0 Å². The molecule has 2 aliphatic carbocycles. The second kappa shape index (κ2) is 4.80. The minimum absolute atomic E-state index is 0.00814. The normalized spacial score (nSPS) is 31.7. The van der Waals surface area contributed by atoms with E-state index in [1.54, 1.807) is 0 Å². The van der Waals surface area contributed by atoms with Crippen LogP contribution in [-0.4, -0.2) is 32.4 Å². The quantitative estimate of drug-likeness (QED) is 0.729. The lowest BCUT2D eigenvalue weighted by Crippen LogP contribution is -2.45. The fraction of sp³-hybridized carbons (Fsp3) is 0.846. The maximum Gasteiger partial charge on any atom is 0.218 e. The number of sulfonamides is 1. The van der Waals surface area contributed by atoms with E-state index in [1.807, 2.05) is 13.8 Å². The molecule has 0 spiro atoms. The zero-order valence-electron chi connectivity index (χ0n) is 11.9. The fourth-order valence-corrected chi connectivity index (χ4v) is 5.65. The van der Waals surface area contributed by atoms with Crippen molar-refractivity contribution in [3.63, 3.8) is 0 Å². The van der Waals surface area contributed by atoms with E-state index in [0.717, 1.165) is 6.42 Å². The Morgan fingerprint density at radius 2 is 2.10 bits per heavy atom. The van der Waals surface area contributed by atoms with Crippen LogP contribution in [0.4, 0.5) is 0 Å². The predicted molar refractivity (Wildman–Crippen MR) is 74.2 cm³/mol. The fourth-order valence-electron chi connectivity index (χ4n) is 3.81. The molecule has 114 valence electrons. The summed E-state index contributed by atoms with van der Waals surface area (Å²) in [5.74, 6) is -0.375. The van der Waals surface area contributed by atoms with Crippen molar-refractivity contribution in [2.24, 2.45) is 22.5 Å². The van der Waals surface area contributed by atoms with Gasteiger partial charge in [-0.15, -0.1) is 0 Å². The number of nitrogens with two attached hydrogens (primary N) is 1. The lowest BCUT2D eigenvalue weighted by molar-refractivity contribution is -0.128. The van der Waals surface area contributed by atoms with E-state index in [9.17, 15) is 18.0 Å². The Balaban J connectivity index is 2.12. The highest BCUT2D eigenvalue weighted by molar-refractivity contribution is 7.89. The molecule has 2 aliphatic rings. The molecule has 0 aromatic rings. The van der Waals surface area contributed by atoms with Gasteiger partial charge in [0.2, 0.25) is 15.9 Å². The van der Waals surface area contributed by atoms with Crippen molar-refractivity contribution in [3.8, 4) is 0 Å². The summed E-state index contributed by atoms with van der Waals surface area (Å²) in [5.41, 5.74) is 3.94. The van der Waals surface area contributed by atoms with Crippen LogP contribution < -0.4 is 10.5 Å². The van der Waals surface area contributed by atoms with Crippen LogP contribution in [0, 0.1) is 16.7 Å². The highest BCUT2D eigenvalue weighted by Gasteiger charge is 2.65. The van der Waals surface area contributed by atoms with Crippen LogP contribution >= 0.6 is 0 Å². The van der Waals surface area contributed by atoms with Crippen LogP contribution in [0.1, 0.15) is 39.5 Å². The third kappa shape index (κ3) is 2.37. The van der Waals surface area contributed by atoms with Gasteiger partial charge in [-0.1, -0.05) is 13.8 Å². The Bertz CT molecular complexity index is 541. The number of primary amides is 1. The third-order valence-electron chi connectivity index (χ3n) is 5.27. The lowest BCUT2D eigenvalue weighted by Gasteiger charge is -2.36. The van der Waals surface area contributed by atoms with Gasteiger partial charge in [0.1, 0.15) is 5.78 Å². The molecule has 1 amide bonds. The summed E-state index contributed by atoms with van der Waals surface area (Å²) in [6.45, 7) is 3.98. The topological polar surface area (TPSA) is 106 Å². The Labute approximate surface area is 119 Å². The summed E-state index contributed by atoms with van der Waals surface area (Å²) in [4.78, 5) is 22.9. The highest BCUT2D eigenvalue weighted by atomic mass is 32.2. The van der Waals surface area contributed by atoms with E-state index >= 15 is 0 Å². The molecule has 0 aromatic heterocycles.